The number of carbonyl (C=O) groups is 1. The van der Waals surface area contributed by atoms with Gasteiger partial charge in [0, 0.05) is 12.3 Å². The smallest absolute Gasteiger partial charge is 0.325 e. The number of alkyl halides is 3. The van der Waals surface area contributed by atoms with Crippen molar-refractivity contribution in [1.82, 2.24) is 9.97 Å². The SMILES string of the molecule is C[C@H](Sc1nccc(=O)[nH]1)C(=O)Nc1ccccc1C(F)(F)F. The van der Waals surface area contributed by atoms with Crippen LogP contribution in [-0.4, -0.2) is 21.1 Å². The van der Waals surface area contributed by atoms with Gasteiger partial charge in [-0.05, 0) is 19.1 Å². The quantitative estimate of drug-likeness (QED) is 0.661. The predicted molar refractivity (Wildman–Crippen MR) is 80.3 cm³/mol. The zero-order valence-electron chi connectivity index (χ0n) is 11.8. The number of halogens is 3. The molecule has 0 unspecified atom stereocenters. The number of hydrogen-bond acceptors (Lipinski definition) is 4. The molecule has 1 heterocycles. The van der Waals surface area contributed by atoms with Crippen molar-refractivity contribution in [3.05, 3.63) is 52.4 Å². The number of thioether (sulfide) groups is 1. The van der Waals surface area contributed by atoms with Gasteiger partial charge >= 0.3 is 6.18 Å². The van der Waals surface area contributed by atoms with E-state index in [2.05, 4.69) is 15.3 Å². The van der Waals surface area contributed by atoms with E-state index in [1.165, 1.54) is 37.4 Å². The Bertz CT molecular complexity index is 761. The Kier molecular flexibility index (Phi) is 5.09. The number of amides is 1. The summed E-state index contributed by atoms with van der Waals surface area (Å²) in [5, 5.41) is 1.72. The van der Waals surface area contributed by atoms with E-state index >= 15 is 0 Å². The molecule has 1 atom stereocenters. The van der Waals surface area contributed by atoms with Crippen molar-refractivity contribution in [2.45, 2.75) is 23.5 Å². The van der Waals surface area contributed by atoms with E-state index in [4.69, 9.17) is 0 Å². The highest BCUT2D eigenvalue weighted by atomic mass is 32.2. The number of aromatic amines is 1. The summed E-state index contributed by atoms with van der Waals surface area (Å²) >= 11 is 0.938. The first-order valence-electron chi connectivity index (χ1n) is 6.46. The first kappa shape index (κ1) is 17.1. The maximum atomic E-state index is 12.9. The summed E-state index contributed by atoms with van der Waals surface area (Å²) < 4.78 is 38.7. The van der Waals surface area contributed by atoms with Crippen LogP contribution in [0.3, 0.4) is 0 Å². The summed E-state index contributed by atoms with van der Waals surface area (Å²) in [6, 6.07) is 5.94. The zero-order valence-corrected chi connectivity index (χ0v) is 12.7. The van der Waals surface area contributed by atoms with E-state index in [9.17, 15) is 22.8 Å². The van der Waals surface area contributed by atoms with Crippen molar-refractivity contribution in [1.29, 1.82) is 0 Å². The van der Waals surface area contributed by atoms with Crippen LogP contribution in [0.1, 0.15) is 12.5 Å². The van der Waals surface area contributed by atoms with Crippen LogP contribution in [0.2, 0.25) is 0 Å². The van der Waals surface area contributed by atoms with Gasteiger partial charge in [0.25, 0.3) is 5.56 Å². The second kappa shape index (κ2) is 6.86. The van der Waals surface area contributed by atoms with Crippen molar-refractivity contribution >= 4 is 23.4 Å². The monoisotopic (exact) mass is 343 g/mol. The van der Waals surface area contributed by atoms with Gasteiger partial charge in [-0.15, -0.1) is 0 Å². The van der Waals surface area contributed by atoms with E-state index in [1.54, 1.807) is 0 Å². The van der Waals surface area contributed by atoms with Crippen molar-refractivity contribution in [3.8, 4) is 0 Å². The topological polar surface area (TPSA) is 74.8 Å². The number of hydrogen-bond donors (Lipinski definition) is 2. The van der Waals surface area contributed by atoms with Crippen LogP contribution in [-0.2, 0) is 11.0 Å². The van der Waals surface area contributed by atoms with E-state index in [0.29, 0.717) is 0 Å². The number of benzene rings is 1. The number of nitrogens with one attached hydrogen (secondary N) is 2. The fraction of sp³-hybridized carbons (Fsp3) is 0.214. The molecule has 0 bridgehead atoms. The summed E-state index contributed by atoms with van der Waals surface area (Å²) in [6.07, 6.45) is -3.28. The molecule has 0 aliphatic rings. The minimum absolute atomic E-state index is 0.212. The van der Waals surface area contributed by atoms with Gasteiger partial charge in [-0.2, -0.15) is 13.2 Å². The maximum absolute atomic E-state index is 12.9. The van der Waals surface area contributed by atoms with E-state index < -0.39 is 22.9 Å². The summed E-state index contributed by atoms with van der Waals surface area (Å²) in [6.45, 7) is 1.50. The van der Waals surface area contributed by atoms with Crippen LogP contribution in [0.15, 0.2) is 46.5 Å². The molecule has 0 saturated heterocycles. The second-order valence-corrected chi connectivity index (χ2v) is 5.86. The molecule has 122 valence electrons. The molecular weight excluding hydrogens is 331 g/mol. The first-order chi connectivity index (χ1) is 10.8. The summed E-state index contributed by atoms with van der Waals surface area (Å²) in [4.78, 5) is 29.5. The average molecular weight is 343 g/mol. The number of H-pyrrole nitrogens is 1. The summed E-state index contributed by atoms with van der Waals surface area (Å²) in [5.41, 5.74) is -1.61. The van der Waals surface area contributed by atoms with Gasteiger partial charge in [0.05, 0.1) is 16.5 Å². The number of nitrogens with zero attached hydrogens (tertiary/aromatic N) is 1. The average Bonchev–Trinajstić information content (AvgIpc) is 2.46. The van der Waals surface area contributed by atoms with Crippen LogP contribution >= 0.6 is 11.8 Å². The van der Waals surface area contributed by atoms with Gasteiger partial charge in [0.15, 0.2) is 5.16 Å². The third-order valence-corrected chi connectivity index (χ3v) is 3.79. The Morgan fingerprint density at radius 2 is 2.00 bits per heavy atom. The highest BCUT2D eigenvalue weighted by Gasteiger charge is 2.33. The normalized spacial score (nSPS) is 12.7. The van der Waals surface area contributed by atoms with Crippen LogP contribution in [0.5, 0.6) is 0 Å². The molecule has 0 aliphatic heterocycles. The van der Waals surface area contributed by atoms with Crippen molar-refractivity contribution < 1.29 is 18.0 Å². The minimum Gasteiger partial charge on any atom is -0.325 e. The molecule has 1 aromatic carbocycles. The molecule has 5 nitrogen and oxygen atoms in total. The Morgan fingerprint density at radius 1 is 1.30 bits per heavy atom. The molecule has 1 amide bonds. The van der Waals surface area contributed by atoms with Crippen LogP contribution in [0.25, 0.3) is 0 Å². The van der Waals surface area contributed by atoms with E-state index in [1.807, 2.05) is 0 Å². The van der Waals surface area contributed by atoms with Crippen LogP contribution < -0.4 is 10.9 Å². The Balaban J connectivity index is 2.12. The Hall–Kier alpha value is -2.29. The summed E-state index contributed by atoms with van der Waals surface area (Å²) in [5.74, 6) is -0.627. The van der Waals surface area contributed by atoms with Gasteiger partial charge in [-0.1, -0.05) is 23.9 Å². The largest absolute Gasteiger partial charge is 0.418 e. The first-order valence-corrected chi connectivity index (χ1v) is 7.34. The Morgan fingerprint density at radius 3 is 2.65 bits per heavy atom. The zero-order chi connectivity index (χ0) is 17.0. The highest BCUT2D eigenvalue weighted by Crippen LogP contribution is 2.34. The van der Waals surface area contributed by atoms with Crippen molar-refractivity contribution in [2.24, 2.45) is 0 Å². The number of rotatable bonds is 4. The minimum atomic E-state index is -4.56. The second-order valence-electron chi connectivity index (χ2n) is 4.53. The predicted octanol–water partition coefficient (Wildman–Crippen LogP) is 2.91. The lowest BCUT2D eigenvalue weighted by Gasteiger charge is -2.15. The number of anilines is 1. The lowest BCUT2D eigenvalue weighted by atomic mass is 10.1. The summed E-state index contributed by atoms with van der Waals surface area (Å²) in [7, 11) is 0. The molecule has 1 aromatic heterocycles. The molecule has 0 saturated carbocycles. The Labute approximate surface area is 133 Å². The molecule has 2 rings (SSSR count). The molecule has 2 N–H and O–H groups in total. The molecule has 0 aliphatic carbocycles. The molecular formula is C14H12F3N3O2S. The van der Waals surface area contributed by atoms with Gasteiger partial charge in [0.1, 0.15) is 0 Å². The standard InChI is InChI=1S/C14H12F3N3O2S/c1-8(23-13-18-7-6-11(21)20-13)12(22)19-10-5-3-2-4-9(10)14(15,16)17/h2-8H,1H3,(H,19,22)(H,18,20,21)/t8-/m0/s1. The third kappa shape index (κ3) is 4.59. The number of aromatic nitrogens is 2. The van der Waals surface area contributed by atoms with Crippen LogP contribution in [0.4, 0.5) is 18.9 Å². The number of carbonyl (C=O) groups excluding carboxylic acids is 1. The fourth-order valence-electron chi connectivity index (χ4n) is 1.71. The molecule has 0 spiro atoms. The molecule has 0 radical (unpaired) electrons. The molecule has 9 heteroatoms. The van der Waals surface area contributed by atoms with Crippen molar-refractivity contribution in [2.75, 3.05) is 5.32 Å². The van der Waals surface area contributed by atoms with Crippen molar-refractivity contribution in [3.63, 3.8) is 0 Å². The molecule has 23 heavy (non-hydrogen) atoms. The number of para-hydroxylation sites is 1. The van der Waals surface area contributed by atoms with E-state index in [-0.39, 0.29) is 16.4 Å². The van der Waals surface area contributed by atoms with Gasteiger partial charge in [-0.3, -0.25) is 9.59 Å². The third-order valence-electron chi connectivity index (χ3n) is 2.80. The highest BCUT2D eigenvalue weighted by molar-refractivity contribution is 8.00. The molecule has 0 fully saturated rings. The van der Waals surface area contributed by atoms with Gasteiger partial charge < -0.3 is 10.3 Å². The van der Waals surface area contributed by atoms with Gasteiger partial charge in [0.2, 0.25) is 5.91 Å². The lowest BCUT2D eigenvalue weighted by molar-refractivity contribution is -0.137. The maximum Gasteiger partial charge on any atom is 0.418 e. The van der Waals surface area contributed by atoms with Gasteiger partial charge in [-0.25, -0.2) is 4.98 Å². The van der Waals surface area contributed by atoms with E-state index in [0.717, 1.165) is 17.8 Å². The molecule has 2 aromatic rings. The fourth-order valence-corrected chi connectivity index (χ4v) is 2.49. The lowest BCUT2D eigenvalue weighted by Crippen LogP contribution is -2.24. The van der Waals surface area contributed by atoms with Crippen LogP contribution in [0, 0.1) is 0 Å².